The number of hydrogen-bond acceptors (Lipinski definition) is 3. The van der Waals surface area contributed by atoms with Crippen molar-refractivity contribution < 1.29 is 20.1 Å². The number of aliphatic hydroxyl groups is 2. The highest BCUT2D eigenvalue weighted by molar-refractivity contribution is 5.70. The molecule has 0 aromatic heterocycles. The second-order valence-corrected chi connectivity index (χ2v) is 3.18. The van der Waals surface area contributed by atoms with Crippen molar-refractivity contribution >= 4 is 5.97 Å². The molecule has 0 saturated carbocycles. The summed E-state index contributed by atoms with van der Waals surface area (Å²) < 4.78 is 0. The lowest BCUT2D eigenvalue weighted by molar-refractivity contribution is -0.173. The van der Waals surface area contributed by atoms with Crippen LogP contribution in [0.1, 0.15) is 6.92 Å². The summed E-state index contributed by atoms with van der Waals surface area (Å²) in [5.41, 5.74) is 0. The molecule has 13 heavy (non-hydrogen) atoms. The van der Waals surface area contributed by atoms with Crippen molar-refractivity contribution in [3.05, 3.63) is 24.3 Å². The normalized spacial score (nSPS) is 27.2. The molecular formula is C9H12O4. The summed E-state index contributed by atoms with van der Waals surface area (Å²) in [4.78, 5) is 10.6. The number of hydrogen-bond donors (Lipinski definition) is 3. The number of aliphatic carboxylic acids is 1. The molecule has 0 saturated heterocycles. The van der Waals surface area contributed by atoms with Crippen molar-refractivity contribution in [1.29, 1.82) is 0 Å². The first kappa shape index (κ1) is 9.95. The van der Waals surface area contributed by atoms with Crippen molar-refractivity contribution in [3.8, 4) is 0 Å². The number of allylic oxidation sites excluding steroid dienone is 2. The van der Waals surface area contributed by atoms with Crippen LogP contribution in [0, 0.1) is 11.8 Å². The number of carbonyl (C=O) groups is 1. The molecule has 4 nitrogen and oxygen atoms in total. The Labute approximate surface area is 75.8 Å². The van der Waals surface area contributed by atoms with Crippen LogP contribution in [0.15, 0.2) is 24.3 Å². The Bertz CT molecular complexity index is 265. The minimum absolute atomic E-state index is 0.796. The van der Waals surface area contributed by atoms with Gasteiger partial charge in [0.1, 0.15) is 0 Å². The van der Waals surface area contributed by atoms with Crippen LogP contribution in [0.5, 0.6) is 0 Å². The van der Waals surface area contributed by atoms with Crippen LogP contribution in [0.25, 0.3) is 0 Å². The molecule has 0 bridgehead atoms. The van der Waals surface area contributed by atoms with Gasteiger partial charge < -0.3 is 15.3 Å². The Morgan fingerprint density at radius 2 is 2.08 bits per heavy atom. The quantitative estimate of drug-likeness (QED) is 0.533. The molecule has 2 atom stereocenters. The van der Waals surface area contributed by atoms with Crippen molar-refractivity contribution in [2.75, 3.05) is 0 Å². The average Bonchev–Trinajstić information content (AvgIpc) is 2.02. The molecule has 1 aliphatic rings. The van der Waals surface area contributed by atoms with E-state index in [9.17, 15) is 15.0 Å². The molecule has 0 radical (unpaired) electrons. The van der Waals surface area contributed by atoms with Gasteiger partial charge in [0, 0.05) is 5.92 Å². The fourth-order valence-corrected chi connectivity index (χ4v) is 1.32. The minimum Gasteiger partial charge on any atom is -0.481 e. The smallest absolute Gasteiger partial charge is 0.307 e. The molecule has 0 spiro atoms. The molecule has 72 valence electrons. The monoisotopic (exact) mass is 184 g/mol. The molecule has 0 fully saturated rings. The zero-order chi connectivity index (χ0) is 10.1. The van der Waals surface area contributed by atoms with E-state index in [0.717, 1.165) is 0 Å². The fraction of sp³-hybridized carbons (Fsp3) is 0.444. The molecule has 0 aromatic rings. The Kier molecular flexibility index (Phi) is 2.54. The molecule has 4 heteroatoms. The predicted molar refractivity (Wildman–Crippen MR) is 45.7 cm³/mol. The fourth-order valence-electron chi connectivity index (χ4n) is 1.32. The molecular weight excluding hydrogens is 172 g/mol. The van der Waals surface area contributed by atoms with Gasteiger partial charge in [-0.3, -0.25) is 4.79 Å². The summed E-state index contributed by atoms with van der Waals surface area (Å²) in [7, 11) is 0. The first-order valence-electron chi connectivity index (χ1n) is 3.98. The van der Waals surface area contributed by atoms with E-state index < -0.39 is 23.6 Å². The van der Waals surface area contributed by atoms with E-state index in [4.69, 9.17) is 5.11 Å². The van der Waals surface area contributed by atoms with Crippen LogP contribution in [-0.4, -0.2) is 27.1 Å². The lowest BCUT2D eigenvalue weighted by Gasteiger charge is -2.30. The number of rotatable bonds is 2. The second kappa shape index (κ2) is 3.32. The van der Waals surface area contributed by atoms with Crippen LogP contribution in [0.2, 0.25) is 0 Å². The summed E-state index contributed by atoms with van der Waals surface area (Å²) in [5, 5.41) is 27.5. The van der Waals surface area contributed by atoms with E-state index in [-0.39, 0.29) is 0 Å². The van der Waals surface area contributed by atoms with Gasteiger partial charge in [0.25, 0.3) is 0 Å². The van der Waals surface area contributed by atoms with E-state index in [1.54, 1.807) is 6.08 Å². The van der Waals surface area contributed by atoms with Gasteiger partial charge in [0.15, 0.2) is 5.79 Å². The maximum Gasteiger partial charge on any atom is 0.307 e. The summed E-state index contributed by atoms with van der Waals surface area (Å²) in [6.07, 6.45) is 5.75. The maximum absolute atomic E-state index is 10.6. The summed E-state index contributed by atoms with van der Waals surface area (Å²) in [6.45, 7) is 1.44. The second-order valence-electron chi connectivity index (χ2n) is 3.18. The Morgan fingerprint density at radius 1 is 1.46 bits per heavy atom. The molecule has 0 amide bonds. The van der Waals surface area contributed by atoms with Crippen LogP contribution in [-0.2, 0) is 4.79 Å². The van der Waals surface area contributed by atoms with E-state index in [0.29, 0.717) is 0 Å². The standard InChI is InChI=1S/C9H12O4/c1-6(8(10)11)7-4-2-3-5-9(7,12)13/h2-7,12-13H,1H3,(H,10,11). The van der Waals surface area contributed by atoms with Gasteiger partial charge in [-0.25, -0.2) is 0 Å². The van der Waals surface area contributed by atoms with Crippen molar-refractivity contribution in [2.24, 2.45) is 11.8 Å². The van der Waals surface area contributed by atoms with Gasteiger partial charge in [-0.05, 0) is 6.08 Å². The van der Waals surface area contributed by atoms with E-state index in [1.807, 2.05) is 0 Å². The van der Waals surface area contributed by atoms with Crippen LogP contribution >= 0.6 is 0 Å². The number of carboxylic acids is 1. The molecule has 0 heterocycles. The summed E-state index contributed by atoms with van der Waals surface area (Å²) in [6, 6.07) is 0. The maximum atomic E-state index is 10.6. The average molecular weight is 184 g/mol. The SMILES string of the molecule is CC(C(=O)O)C1C=CC=CC1(O)O. The lowest BCUT2D eigenvalue weighted by atomic mass is 9.83. The summed E-state index contributed by atoms with van der Waals surface area (Å²) >= 11 is 0. The van der Waals surface area contributed by atoms with Gasteiger partial charge in [-0.2, -0.15) is 0 Å². The van der Waals surface area contributed by atoms with E-state index in [1.165, 1.54) is 25.2 Å². The van der Waals surface area contributed by atoms with Crippen LogP contribution < -0.4 is 0 Å². The van der Waals surface area contributed by atoms with Gasteiger partial charge in [-0.1, -0.05) is 25.2 Å². The highest BCUT2D eigenvalue weighted by Crippen LogP contribution is 2.28. The zero-order valence-electron chi connectivity index (χ0n) is 7.21. The lowest BCUT2D eigenvalue weighted by Crippen LogP contribution is -2.41. The van der Waals surface area contributed by atoms with Crippen molar-refractivity contribution in [3.63, 3.8) is 0 Å². The van der Waals surface area contributed by atoms with Gasteiger partial charge in [0.2, 0.25) is 0 Å². The van der Waals surface area contributed by atoms with Gasteiger partial charge in [-0.15, -0.1) is 0 Å². The minimum atomic E-state index is -2.05. The van der Waals surface area contributed by atoms with Gasteiger partial charge >= 0.3 is 5.97 Å². The summed E-state index contributed by atoms with van der Waals surface area (Å²) in [5.74, 6) is -4.71. The Morgan fingerprint density at radius 3 is 2.54 bits per heavy atom. The number of carboxylic acid groups (broad SMARTS) is 1. The third-order valence-corrected chi connectivity index (χ3v) is 2.19. The van der Waals surface area contributed by atoms with Crippen molar-refractivity contribution in [1.82, 2.24) is 0 Å². The van der Waals surface area contributed by atoms with Crippen molar-refractivity contribution in [2.45, 2.75) is 12.7 Å². The molecule has 2 unspecified atom stereocenters. The highest BCUT2D eigenvalue weighted by Gasteiger charge is 2.38. The molecule has 0 aliphatic heterocycles. The molecule has 0 aromatic carbocycles. The Balaban J connectivity index is 2.86. The Hall–Kier alpha value is -1.13. The topological polar surface area (TPSA) is 77.8 Å². The highest BCUT2D eigenvalue weighted by atomic mass is 16.5. The third kappa shape index (κ3) is 1.96. The van der Waals surface area contributed by atoms with E-state index in [2.05, 4.69) is 0 Å². The first-order chi connectivity index (χ1) is 5.95. The predicted octanol–water partition coefficient (Wildman–Crippen LogP) is 0.130. The molecule has 1 rings (SSSR count). The third-order valence-electron chi connectivity index (χ3n) is 2.19. The largest absolute Gasteiger partial charge is 0.481 e. The first-order valence-corrected chi connectivity index (χ1v) is 3.98. The van der Waals surface area contributed by atoms with Gasteiger partial charge in [0.05, 0.1) is 5.92 Å². The zero-order valence-corrected chi connectivity index (χ0v) is 7.21. The van der Waals surface area contributed by atoms with E-state index >= 15 is 0 Å². The van der Waals surface area contributed by atoms with Crippen LogP contribution in [0.3, 0.4) is 0 Å². The van der Waals surface area contributed by atoms with Crippen LogP contribution in [0.4, 0.5) is 0 Å². The molecule has 3 N–H and O–H groups in total. The molecule has 1 aliphatic carbocycles.